The summed E-state index contributed by atoms with van der Waals surface area (Å²) >= 11 is 5.92. The summed E-state index contributed by atoms with van der Waals surface area (Å²) in [7, 11) is 1.31. The molecule has 1 unspecified atom stereocenters. The maximum Gasteiger partial charge on any atom is 0.427 e. The number of hydrogen-bond donors (Lipinski definition) is 1. The minimum atomic E-state index is -4.73. The van der Waals surface area contributed by atoms with Crippen molar-refractivity contribution in [1.82, 2.24) is 5.48 Å². The molecule has 2 aliphatic rings. The first-order valence-electron chi connectivity index (χ1n) is 7.29. The molecule has 1 N–H and O–H groups in total. The number of nitrogens with zero attached hydrogens (tertiary/aromatic N) is 2. The second-order valence-corrected chi connectivity index (χ2v) is 6.09. The molecule has 0 radical (unpaired) electrons. The van der Waals surface area contributed by atoms with Gasteiger partial charge in [-0.05, 0) is 37.0 Å². The number of guanidine groups is 1. The fourth-order valence-electron chi connectivity index (χ4n) is 2.36. The quantitative estimate of drug-likeness (QED) is 0.831. The SMILES string of the molecule is CONC1=Nc2ccc(Cl)cc2C(OCC2CC2)(C(F)(F)F)C=N1. The van der Waals surface area contributed by atoms with Gasteiger partial charge >= 0.3 is 6.18 Å². The van der Waals surface area contributed by atoms with E-state index in [9.17, 15) is 13.2 Å². The molecule has 9 heteroatoms. The second-order valence-electron chi connectivity index (χ2n) is 5.65. The zero-order valence-electron chi connectivity index (χ0n) is 12.7. The smallest absolute Gasteiger partial charge is 0.356 e. The van der Waals surface area contributed by atoms with Gasteiger partial charge in [0.1, 0.15) is 0 Å². The van der Waals surface area contributed by atoms with Crippen LogP contribution < -0.4 is 5.48 Å². The Morgan fingerprint density at radius 3 is 2.75 bits per heavy atom. The number of benzene rings is 1. The molecule has 1 aromatic carbocycles. The summed E-state index contributed by atoms with van der Waals surface area (Å²) in [5.74, 6) is 0.0308. The van der Waals surface area contributed by atoms with E-state index >= 15 is 0 Å². The van der Waals surface area contributed by atoms with E-state index in [-0.39, 0.29) is 34.8 Å². The van der Waals surface area contributed by atoms with Crippen LogP contribution in [0.15, 0.2) is 28.2 Å². The maximum absolute atomic E-state index is 14.0. The third-order valence-electron chi connectivity index (χ3n) is 3.81. The van der Waals surface area contributed by atoms with Crippen molar-refractivity contribution in [3.05, 3.63) is 28.8 Å². The van der Waals surface area contributed by atoms with Crippen LogP contribution >= 0.6 is 11.6 Å². The molecule has 1 fully saturated rings. The predicted molar refractivity (Wildman–Crippen MR) is 83.6 cm³/mol. The molecule has 0 aromatic heterocycles. The van der Waals surface area contributed by atoms with Gasteiger partial charge in [0.05, 0.1) is 25.6 Å². The number of alkyl halides is 3. The zero-order chi connectivity index (χ0) is 17.4. The van der Waals surface area contributed by atoms with Gasteiger partial charge in [0.25, 0.3) is 0 Å². The van der Waals surface area contributed by atoms with Gasteiger partial charge in [-0.3, -0.25) is 4.84 Å². The minimum Gasteiger partial charge on any atom is -0.356 e. The Bertz CT molecular complexity index is 689. The number of fused-ring (bicyclic) bond motifs is 1. The van der Waals surface area contributed by atoms with Gasteiger partial charge in [-0.15, -0.1) is 0 Å². The standard InChI is InChI=1S/C15H15ClF3N3O2/c1-23-22-13-20-8-14(15(17,18)19,24-7-9-2-3-9)11-6-10(16)4-5-12(11)21-13/h4-6,8-9H,2-3,7H2,1H3,(H,21,22). The summed E-state index contributed by atoms with van der Waals surface area (Å²) in [6.45, 7) is -0.00940. The molecule has 130 valence electrons. The summed E-state index contributed by atoms with van der Waals surface area (Å²) in [5.41, 5.74) is -0.504. The molecule has 1 heterocycles. The molecule has 1 aliphatic heterocycles. The molecule has 3 rings (SSSR count). The van der Waals surface area contributed by atoms with Gasteiger partial charge in [-0.25, -0.2) is 15.5 Å². The fraction of sp³-hybridized carbons (Fsp3) is 0.467. The Hall–Kier alpha value is -1.64. The number of nitrogens with one attached hydrogen (secondary N) is 1. The topological polar surface area (TPSA) is 55.2 Å². The van der Waals surface area contributed by atoms with Crippen LogP contribution in [0, 0.1) is 5.92 Å². The van der Waals surface area contributed by atoms with Gasteiger partial charge in [-0.1, -0.05) is 11.6 Å². The molecule has 1 saturated carbocycles. The number of ether oxygens (including phenoxy) is 1. The maximum atomic E-state index is 14.0. The lowest BCUT2D eigenvalue weighted by atomic mass is 9.92. The fourth-order valence-corrected chi connectivity index (χ4v) is 2.54. The highest BCUT2D eigenvalue weighted by Crippen LogP contribution is 2.47. The average Bonchev–Trinajstić information content (AvgIpc) is 3.32. The van der Waals surface area contributed by atoms with E-state index in [2.05, 4.69) is 15.5 Å². The van der Waals surface area contributed by atoms with Crippen LogP contribution in [0.3, 0.4) is 0 Å². The van der Waals surface area contributed by atoms with E-state index in [1.165, 1.54) is 25.3 Å². The average molecular weight is 362 g/mol. The van der Waals surface area contributed by atoms with Crippen LogP contribution in [0.5, 0.6) is 0 Å². The van der Waals surface area contributed by atoms with E-state index in [0.29, 0.717) is 6.21 Å². The van der Waals surface area contributed by atoms with Crippen molar-refractivity contribution in [2.24, 2.45) is 15.9 Å². The first-order chi connectivity index (χ1) is 11.4. The lowest BCUT2D eigenvalue weighted by Crippen LogP contribution is -2.47. The Morgan fingerprint density at radius 1 is 1.38 bits per heavy atom. The number of halogens is 4. The van der Waals surface area contributed by atoms with Gasteiger partial charge in [-0.2, -0.15) is 13.2 Å². The van der Waals surface area contributed by atoms with Crippen LogP contribution in [0.2, 0.25) is 5.02 Å². The van der Waals surface area contributed by atoms with E-state index in [4.69, 9.17) is 21.2 Å². The van der Waals surface area contributed by atoms with Crippen molar-refractivity contribution in [2.75, 3.05) is 13.7 Å². The van der Waals surface area contributed by atoms with Crippen LogP contribution in [0.1, 0.15) is 18.4 Å². The molecule has 0 bridgehead atoms. The molecule has 24 heavy (non-hydrogen) atoms. The Morgan fingerprint density at radius 2 is 2.12 bits per heavy atom. The monoisotopic (exact) mass is 361 g/mol. The van der Waals surface area contributed by atoms with Crippen molar-refractivity contribution < 1.29 is 22.7 Å². The van der Waals surface area contributed by atoms with Crippen LogP contribution in [0.4, 0.5) is 18.9 Å². The van der Waals surface area contributed by atoms with E-state index < -0.39 is 11.8 Å². The van der Waals surface area contributed by atoms with Crippen molar-refractivity contribution in [2.45, 2.75) is 24.6 Å². The minimum absolute atomic E-state index is 0.00940. The highest BCUT2D eigenvalue weighted by molar-refractivity contribution is 6.30. The highest BCUT2D eigenvalue weighted by atomic mass is 35.5. The van der Waals surface area contributed by atoms with Gasteiger partial charge in [0.2, 0.25) is 11.6 Å². The Balaban J connectivity index is 2.13. The van der Waals surface area contributed by atoms with Crippen LogP contribution in [-0.4, -0.2) is 32.1 Å². The molecule has 1 atom stereocenters. The molecule has 0 saturated heterocycles. The summed E-state index contributed by atoms with van der Waals surface area (Å²) in [4.78, 5) is 12.5. The number of aliphatic imine (C=N–C) groups is 2. The third-order valence-corrected chi connectivity index (χ3v) is 4.05. The normalized spacial score (nSPS) is 23.5. The van der Waals surface area contributed by atoms with Gasteiger partial charge in [0.15, 0.2) is 0 Å². The zero-order valence-corrected chi connectivity index (χ0v) is 13.5. The molecular formula is C15H15ClF3N3O2. The summed E-state index contributed by atoms with van der Waals surface area (Å²) < 4.78 is 47.4. The molecule has 1 aromatic rings. The van der Waals surface area contributed by atoms with Crippen molar-refractivity contribution in [3.63, 3.8) is 0 Å². The molecule has 5 nitrogen and oxygen atoms in total. The van der Waals surface area contributed by atoms with E-state index in [0.717, 1.165) is 12.8 Å². The number of rotatable bonds is 4. The van der Waals surface area contributed by atoms with Crippen molar-refractivity contribution in [1.29, 1.82) is 0 Å². The molecule has 0 amide bonds. The molecule has 0 spiro atoms. The van der Waals surface area contributed by atoms with E-state index in [1.54, 1.807) is 0 Å². The van der Waals surface area contributed by atoms with Gasteiger partial charge < -0.3 is 4.74 Å². The Kier molecular flexibility index (Phi) is 4.54. The largest absolute Gasteiger partial charge is 0.427 e. The lowest BCUT2D eigenvalue weighted by molar-refractivity contribution is -0.252. The summed E-state index contributed by atoms with van der Waals surface area (Å²) in [5, 5.41) is 0.157. The number of hydroxylamine groups is 1. The molecular weight excluding hydrogens is 347 g/mol. The van der Waals surface area contributed by atoms with Crippen LogP contribution in [-0.2, 0) is 15.2 Å². The van der Waals surface area contributed by atoms with Crippen molar-refractivity contribution >= 4 is 29.5 Å². The predicted octanol–water partition coefficient (Wildman–Crippen LogP) is 3.75. The van der Waals surface area contributed by atoms with Crippen molar-refractivity contribution in [3.8, 4) is 0 Å². The van der Waals surface area contributed by atoms with Crippen LogP contribution in [0.25, 0.3) is 0 Å². The van der Waals surface area contributed by atoms with E-state index in [1.807, 2.05) is 0 Å². The first-order valence-corrected chi connectivity index (χ1v) is 7.67. The summed E-state index contributed by atoms with van der Waals surface area (Å²) in [6, 6.07) is 4.06. The lowest BCUT2D eigenvalue weighted by Gasteiger charge is -2.33. The Labute approximate surface area is 141 Å². The molecule has 1 aliphatic carbocycles. The third kappa shape index (κ3) is 3.26. The highest BCUT2D eigenvalue weighted by Gasteiger charge is 2.58. The first kappa shape index (κ1) is 17.2. The summed E-state index contributed by atoms with van der Waals surface area (Å²) in [6.07, 6.45) is -2.30. The second kappa shape index (κ2) is 6.34. The van der Waals surface area contributed by atoms with Gasteiger partial charge in [0, 0.05) is 10.6 Å². The number of hydrogen-bond acceptors (Lipinski definition) is 5.